The van der Waals surface area contributed by atoms with Crippen molar-refractivity contribution >= 4 is 26.7 Å². The number of fused-ring (bicyclic) bond motifs is 1. The van der Waals surface area contributed by atoms with Crippen LogP contribution in [-0.2, 0) is 0 Å². The molecule has 17 heavy (non-hydrogen) atoms. The van der Waals surface area contributed by atoms with Crippen molar-refractivity contribution in [1.29, 1.82) is 0 Å². The topological polar surface area (TPSA) is 22.1 Å². The van der Waals surface area contributed by atoms with Crippen LogP contribution in [0.25, 0.3) is 10.8 Å². The average Bonchev–Trinajstić information content (AvgIpc) is 2.86. The zero-order valence-electron chi connectivity index (χ0n) is 9.53. The summed E-state index contributed by atoms with van der Waals surface area (Å²) in [6.45, 7) is 0. The molecule has 0 atom stereocenters. The number of ether oxygens (including phenoxy) is 1. The predicted octanol–water partition coefficient (Wildman–Crippen LogP) is 4.32. The minimum atomic E-state index is 0.354. The molecule has 1 aliphatic rings. The van der Waals surface area contributed by atoms with E-state index in [2.05, 4.69) is 33.0 Å². The van der Waals surface area contributed by atoms with Gasteiger partial charge in [0.05, 0.1) is 0 Å². The number of pyridine rings is 1. The van der Waals surface area contributed by atoms with Crippen LogP contribution in [0.3, 0.4) is 0 Å². The molecule has 1 fully saturated rings. The van der Waals surface area contributed by atoms with Gasteiger partial charge in [0.15, 0.2) is 0 Å². The number of rotatable bonds is 2. The van der Waals surface area contributed by atoms with Gasteiger partial charge in [0, 0.05) is 21.4 Å². The summed E-state index contributed by atoms with van der Waals surface area (Å²) in [5.74, 6) is 0.774. The molecule has 1 aromatic carbocycles. The van der Waals surface area contributed by atoms with Crippen molar-refractivity contribution < 1.29 is 4.74 Å². The summed E-state index contributed by atoms with van der Waals surface area (Å²) in [4.78, 5) is 4.40. The molecule has 2 aromatic rings. The van der Waals surface area contributed by atoms with E-state index in [4.69, 9.17) is 4.74 Å². The highest BCUT2D eigenvalue weighted by Crippen LogP contribution is 2.31. The molecule has 0 unspecified atom stereocenters. The molecule has 88 valence electrons. The van der Waals surface area contributed by atoms with Crippen LogP contribution in [0.2, 0.25) is 0 Å². The van der Waals surface area contributed by atoms with Crippen LogP contribution < -0.4 is 4.74 Å². The third-order valence-electron chi connectivity index (χ3n) is 3.29. The Kier molecular flexibility index (Phi) is 3.02. The summed E-state index contributed by atoms with van der Waals surface area (Å²) < 4.78 is 7.03. The molecule has 3 rings (SSSR count). The number of aromatic nitrogens is 1. The Morgan fingerprint density at radius 3 is 2.59 bits per heavy atom. The number of halogens is 1. The summed E-state index contributed by atoms with van der Waals surface area (Å²) in [6, 6.07) is 8.21. The molecular weight excluding hydrogens is 278 g/mol. The quantitative estimate of drug-likeness (QED) is 0.822. The molecule has 0 bridgehead atoms. The van der Waals surface area contributed by atoms with Crippen LogP contribution in [0.1, 0.15) is 25.7 Å². The average molecular weight is 292 g/mol. The van der Waals surface area contributed by atoms with Crippen LogP contribution in [0.5, 0.6) is 5.88 Å². The second-order valence-corrected chi connectivity index (χ2v) is 5.34. The van der Waals surface area contributed by atoms with Gasteiger partial charge < -0.3 is 4.74 Å². The fourth-order valence-electron chi connectivity index (χ4n) is 2.39. The first kappa shape index (κ1) is 11.0. The molecule has 0 aliphatic heterocycles. The van der Waals surface area contributed by atoms with Crippen molar-refractivity contribution in [2.45, 2.75) is 31.8 Å². The maximum Gasteiger partial charge on any atom is 0.221 e. The number of hydrogen-bond donors (Lipinski definition) is 0. The molecule has 0 amide bonds. The summed E-state index contributed by atoms with van der Waals surface area (Å²) >= 11 is 3.53. The van der Waals surface area contributed by atoms with E-state index >= 15 is 0 Å². The molecule has 1 saturated carbocycles. The molecular formula is C14H14BrNO. The lowest BCUT2D eigenvalue weighted by Crippen LogP contribution is -2.12. The van der Waals surface area contributed by atoms with Crippen LogP contribution in [0.15, 0.2) is 34.9 Å². The Hall–Kier alpha value is -1.09. The lowest BCUT2D eigenvalue weighted by Gasteiger charge is -2.14. The van der Waals surface area contributed by atoms with Crippen LogP contribution in [-0.4, -0.2) is 11.1 Å². The van der Waals surface area contributed by atoms with Crippen molar-refractivity contribution in [2.24, 2.45) is 0 Å². The van der Waals surface area contributed by atoms with Gasteiger partial charge in [0.25, 0.3) is 0 Å². The largest absolute Gasteiger partial charge is 0.474 e. The van der Waals surface area contributed by atoms with Gasteiger partial charge in [-0.1, -0.05) is 18.2 Å². The molecule has 2 nitrogen and oxygen atoms in total. The van der Waals surface area contributed by atoms with E-state index in [-0.39, 0.29) is 0 Å². The molecule has 0 saturated heterocycles. The smallest absolute Gasteiger partial charge is 0.221 e. The minimum Gasteiger partial charge on any atom is -0.474 e. The third kappa shape index (κ3) is 2.16. The van der Waals surface area contributed by atoms with Crippen LogP contribution in [0, 0.1) is 0 Å². The molecule has 0 radical (unpaired) electrons. The maximum absolute atomic E-state index is 6.01. The van der Waals surface area contributed by atoms with Gasteiger partial charge in [-0.05, 0) is 47.7 Å². The molecule has 1 aromatic heterocycles. The number of benzene rings is 1. The van der Waals surface area contributed by atoms with E-state index in [9.17, 15) is 0 Å². The Morgan fingerprint density at radius 1 is 1.12 bits per heavy atom. The standard InChI is InChI=1S/C14H14BrNO/c15-13-9-16-14(17-10-5-1-2-6-10)12-8-4-3-7-11(12)13/h3-4,7-10H,1-2,5-6H2. The minimum absolute atomic E-state index is 0.354. The Bertz CT molecular complexity index is 535. The van der Waals surface area contributed by atoms with Gasteiger partial charge >= 0.3 is 0 Å². The van der Waals surface area contributed by atoms with Crippen molar-refractivity contribution in [3.05, 3.63) is 34.9 Å². The summed E-state index contributed by atoms with van der Waals surface area (Å²) in [7, 11) is 0. The summed E-state index contributed by atoms with van der Waals surface area (Å²) in [6.07, 6.45) is 7.05. The summed E-state index contributed by atoms with van der Waals surface area (Å²) in [5.41, 5.74) is 0. The first-order chi connectivity index (χ1) is 8.34. The SMILES string of the molecule is Brc1cnc(OC2CCCC2)c2ccccc12. The van der Waals surface area contributed by atoms with E-state index < -0.39 is 0 Å². The Labute approximate surface area is 109 Å². The first-order valence-corrected chi connectivity index (χ1v) is 6.84. The van der Waals surface area contributed by atoms with E-state index in [1.807, 2.05) is 18.3 Å². The number of nitrogens with zero attached hydrogens (tertiary/aromatic N) is 1. The van der Waals surface area contributed by atoms with E-state index in [1.165, 1.54) is 12.8 Å². The third-order valence-corrected chi connectivity index (χ3v) is 3.92. The monoisotopic (exact) mass is 291 g/mol. The fraction of sp³-hybridized carbons (Fsp3) is 0.357. The highest BCUT2D eigenvalue weighted by molar-refractivity contribution is 9.10. The molecule has 0 N–H and O–H groups in total. The highest BCUT2D eigenvalue weighted by Gasteiger charge is 2.18. The van der Waals surface area contributed by atoms with Gasteiger partial charge in [0.2, 0.25) is 5.88 Å². The van der Waals surface area contributed by atoms with Gasteiger partial charge in [0.1, 0.15) is 6.10 Å². The first-order valence-electron chi connectivity index (χ1n) is 6.04. The van der Waals surface area contributed by atoms with Crippen molar-refractivity contribution in [3.63, 3.8) is 0 Å². The van der Waals surface area contributed by atoms with E-state index in [1.54, 1.807) is 0 Å². The van der Waals surface area contributed by atoms with Gasteiger partial charge in [-0.3, -0.25) is 0 Å². The molecule has 1 heterocycles. The summed E-state index contributed by atoms with van der Waals surface area (Å²) in [5, 5.41) is 2.25. The second-order valence-electron chi connectivity index (χ2n) is 4.48. The lowest BCUT2D eigenvalue weighted by atomic mass is 10.2. The normalized spacial score (nSPS) is 16.5. The van der Waals surface area contributed by atoms with Gasteiger partial charge in [-0.2, -0.15) is 0 Å². The molecule has 0 spiro atoms. The van der Waals surface area contributed by atoms with Gasteiger partial charge in [-0.15, -0.1) is 0 Å². The Balaban J connectivity index is 2.01. The highest BCUT2D eigenvalue weighted by atomic mass is 79.9. The van der Waals surface area contributed by atoms with Crippen molar-refractivity contribution in [2.75, 3.05) is 0 Å². The van der Waals surface area contributed by atoms with Crippen molar-refractivity contribution in [3.8, 4) is 5.88 Å². The van der Waals surface area contributed by atoms with Crippen LogP contribution in [0.4, 0.5) is 0 Å². The Morgan fingerprint density at radius 2 is 1.82 bits per heavy atom. The van der Waals surface area contributed by atoms with Crippen molar-refractivity contribution in [1.82, 2.24) is 4.98 Å². The van der Waals surface area contributed by atoms with Gasteiger partial charge in [-0.25, -0.2) is 4.98 Å². The molecule has 1 aliphatic carbocycles. The van der Waals surface area contributed by atoms with E-state index in [0.29, 0.717) is 6.10 Å². The zero-order valence-corrected chi connectivity index (χ0v) is 11.1. The molecule has 3 heteroatoms. The maximum atomic E-state index is 6.01. The van der Waals surface area contributed by atoms with Crippen LogP contribution >= 0.6 is 15.9 Å². The lowest BCUT2D eigenvalue weighted by molar-refractivity contribution is 0.204. The second kappa shape index (κ2) is 4.65. The fourth-order valence-corrected chi connectivity index (χ4v) is 2.84. The number of hydrogen-bond acceptors (Lipinski definition) is 2. The van der Waals surface area contributed by atoms with E-state index in [0.717, 1.165) is 34.0 Å². The zero-order chi connectivity index (χ0) is 11.7. The predicted molar refractivity (Wildman–Crippen MR) is 72.3 cm³/mol.